The number of hydrogen-bond donors (Lipinski definition) is 4. The maximum atomic E-state index is 11.9. The Morgan fingerprint density at radius 1 is 0.210 bits per heavy atom. The van der Waals surface area contributed by atoms with Crippen LogP contribution in [0.15, 0.2) is 0 Å². The summed E-state index contributed by atoms with van der Waals surface area (Å²) in [5.74, 6) is 0. The summed E-state index contributed by atoms with van der Waals surface area (Å²) in [4.78, 5) is 19.5. The Labute approximate surface area is 522 Å². The second kappa shape index (κ2) is 82.9. The fraction of sp³-hybridized carbons (Fsp3) is 1.00. The Hall–Kier alpha value is 0.854. The van der Waals surface area contributed by atoms with E-state index >= 15 is 0 Å². The molecule has 0 unspecified atom stereocenters. The van der Waals surface area contributed by atoms with Gasteiger partial charge in [-0.05, 0) is 38.5 Å². The molecule has 0 radical (unpaired) electrons. The third kappa shape index (κ3) is 94.7. The number of hydrogen-bond acceptors (Lipinski definition) is 8. The Morgan fingerprint density at radius 3 is 0.444 bits per heavy atom. The second-order valence-corrected chi connectivity index (χ2v) is 26.3. The first kappa shape index (κ1) is 90.6. The third-order valence-corrected chi connectivity index (χ3v) is 17.1. The molecule has 0 aromatic heterocycles. The molecule has 0 heterocycles. The van der Waals surface area contributed by atoms with Gasteiger partial charge in [-0.2, -0.15) is 0 Å². The van der Waals surface area contributed by atoms with Gasteiger partial charge in [0.15, 0.2) is 0 Å². The van der Waals surface area contributed by atoms with E-state index in [1.165, 1.54) is 295 Å². The van der Waals surface area contributed by atoms with Crippen molar-refractivity contribution < 1.29 is 68.9 Å². The van der Waals surface area contributed by atoms with Crippen LogP contribution >= 0.6 is 15.6 Å². The third-order valence-electron chi connectivity index (χ3n) is 15.0. The minimum atomic E-state index is -3.85. The predicted octanol–water partition coefficient (Wildman–Crippen LogP) is 24.2. The van der Waals surface area contributed by atoms with Gasteiger partial charge in [-0.15, -0.1) is 0 Å². The number of aliphatic hydroxyl groups is 2. The van der Waals surface area contributed by atoms with Crippen molar-refractivity contribution in [1.29, 1.82) is 0 Å². The molecule has 10 nitrogen and oxygen atoms in total. The van der Waals surface area contributed by atoms with Crippen molar-refractivity contribution in [3.05, 3.63) is 0 Å². The van der Waals surface area contributed by atoms with Gasteiger partial charge < -0.3 is 20.0 Å². The minimum Gasteiger partial charge on any atom is -0.396 e. The molecule has 0 bridgehead atoms. The molecule has 4 N–H and O–H groups in total. The molecular weight excluding hydrogens is 1090 g/mol. The van der Waals surface area contributed by atoms with Gasteiger partial charge in [-0.1, -0.05) is 363 Å². The zero-order valence-corrected chi connectivity index (χ0v) is 58.8. The van der Waals surface area contributed by atoms with Crippen LogP contribution in [0, 0.1) is 0 Å². The van der Waals surface area contributed by atoms with Crippen molar-refractivity contribution in [3.8, 4) is 0 Å². The van der Waals surface area contributed by atoms with Crippen LogP contribution in [0.2, 0.25) is 0 Å². The van der Waals surface area contributed by atoms with E-state index in [0.29, 0.717) is 39.6 Å². The van der Waals surface area contributed by atoms with Crippen molar-refractivity contribution in [3.63, 3.8) is 0 Å². The molecule has 0 aliphatic rings. The molecule has 0 aromatic carbocycles. The van der Waals surface area contributed by atoms with Gasteiger partial charge in [0.2, 0.25) is 0 Å². The minimum absolute atomic E-state index is 0. The van der Waals surface area contributed by atoms with E-state index in [2.05, 4.69) is 41.5 Å². The summed E-state index contributed by atoms with van der Waals surface area (Å²) < 4.78 is 44.2. The Morgan fingerprint density at radius 2 is 0.321 bits per heavy atom. The van der Waals surface area contributed by atoms with E-state index < -0.39 is 15.6 Å². The number of rotatable bonds is 64. The van der Waals surface area contributed by atoms with Crippen LogP contribution in [0.4, 0.5) is 0 Å². The van der Waals surface area contributed by atoms with Crippen molar-refractivity contribution in [2.45, 2.75) is 401 Å². The molecule has 0 fully saturated rings. The van der Waals surface area contributed by atoms with E-state index in [9.17, 15) is 18.9 Å². The number of phosphoric acid groups is 2. The van der Waals surface area contributed by atoms with Crippen molar-refractivity contribution in [2.75, 3.05) is 39.6 Å². The number of aliphatic hydroxyl groups excluding tert-OH is 2. The fourth-order valence-electron chi connectivity index (χ4n) is 9.64. The van der Waals surface area contributed by atoms with Crippen LogP contribution in [0.3, 0.4) is 0 Å². The first-order chi connectivity index (χ1) is 39.1. The maximum Gasteiger partial charge on any atom is 0.472 e. The number of phosphoric ester groups is 2. The first-order valence-electron chi connectivity index (χ1n) is 35.5. The molecule has 0 aliphatic heterocycles. The van der Waals surface area contributed by atoms with Crippen molar-refractivity contribution in [1.82, 2.24) is 0 Å². The molecule has 0 saturated heterocycles. The van der Waals surface area contributed by atoms with Crippen LogP contribution in [-0.2, 0) is 48.9 Å². The average molecular weight is 1230 g/mol. The second-order valence-electron chi connectivity index (χ2n) is 23.4. The van der Waals surface area contributed by atoms with Crippen LogP contribution in [0.1, 0.15) is 401 Å². The average Bonchev–Trinajstić information content (AvgIpc) is 3.44. The Bertz CT molecular complexity index is 996. The summed E-state index contributed by atoms with van der Waals surface area (Å²) in [5.41, 5.74) is 0. The van der Waals surface area contributed by atoms with E-state index in [1.807, 2.05) is 0 Å². The number of unbranched alkanes of at least 4 members (excludes halogenated alkanes) is 50. The smallest absolute Gasteiger partial charge is 0.396 e. The molecule has 0 atom stereocenters. The summed E-state index contributed by atoms with van der Waals surface area (Å²) in [6.07, 6.45) is 70.3. The molecule has 0 spiro atoms. The predicted molar refractivity (Wildman–Crippen MR) is 350 cm³/mol. The SMILES string of the molecule is CCCCCCCCCCCCCOP(=O)(O)OCCCCCCCCCCCCC.CCCCCCCCCCCCCOP(=O)(O)OCCCCCCCCCCCCC.CCCCCCCCO.CCCCCCCCO.[Ti]. The van der Waals surface area contributed by atoms with Crippen LogP contribution in [0.25, 0.3) is 0 Å². The van der Waals surface area contributed by atoms with E-state index in [4.69, 9.17) is 28.3 Å². The van der Waals surface area contributed by atoms with Crippen LogP contribution < -0.4 is 0 Å². The summed E-state index contributed by atoms with van der Waals surface area (Å²) in [7, 11) is -7.70. The van der Waals surface area contributed by atoms with Gasteiger partial charge in [-0.3, -0.25) is 18.1 Å². The summed E-state index contributed by atoms with van der Waals surface area (Å²) in [6.45, 7) is 15.5. The Kier molecular flexibility index (Phi) is 92.7. The van der Waals surface area contributed by atoms with Crippen molar-refractivity contribution >= 4 is 15.6 Å². The Balaban J connectivity index is -0.000000360. The molecule has 492 valence electrons. The molecule has 0 rings (SSSR count). The van der Waals surface area contributed by atoms with E-state index in [0.717, 1.165) is 64.2 Å². The molecule has 0 saturated carbocycles. The molecular formula is C68H146O10P2Ti. The van der Waals surface area contributed by atoms with Gasteiger partial charge in [-0.25, -0.2) is 9.13 Å². The summed E-state index contributed by atoms with van der Waals surface area (Å²) in [5, 5.41) is 16.8. The normalized spacial score (nSPS) is 11.4. The van der Waals surface area contributed by atoms with Gasteiger partial charge in [0, 0.05) is 34.9 Å². The molecule has 13 heteroatoms. The maximum absolute atomic E-state index is 11.9. The van der Waals surface area contributed by atoms with E-state index in [1.54, 1.807) is 0 Å². The van der Waals surface area contributed by atoms with Gasteiger partial charge in [0.1, 0.15) is 0 Å². The zero-order valence-electron chi connectivity index (χ0n) is 55.5. The van der Waals surface area contributed by atoms with Crippen molar-refractivity contribution in [2.24, 2.45) is 0 Å². The van der Waals surface area contributed by atoms with E-state index in [-0.39, 0.29) is 21.7 Å². The monoisotopic (exact) mass is 1230 g/mol. The topological polar surface area (TPSA) is 152 Å². The zero-order chi connectivity index (χ0) is 59.7. The standard InChI is InChI=1S/2C26H55O4P.2C8H18O.Ti/c2*1-3-5-7-9-11-13-15-17-19-21-23-25-29-31(27,28)30-26-24-22-20-18-16-14-12-10-8-6-4-2;2*1-2-3-4-5-6-7-8-9;/h2*3-26H2,1-2H3,(H,27,28);2*9H,2-8H2,1H3;. The van der Waals surface area contributed by atoms with Gasteiger partial charge in [0.05, 0.1) is 26.4 Å². The molecule has 81 heavy (non-hydrogen) atoms. The summed E-state index contributed by atoms with van der Waals surface area (Å²) in [6, 6.07) is 0. The molecule has 0 aromatic rings. The largest absolute Gasteiger partial charge is 0.472 e. The summed E-state index contributed by atoms with van der Waals surface area (Å²) >= 11 is 0. The quantitative estimate of drug-likeness (QED) is 0.0263. The first-order valence-corrected chi connectivity index (χ1v) is 38.5. The van der Waals surface area contributed by atoms with Gasteiger partial charge in [0.25, 0.3) is 0 Å². The van der Waals surface area contributed by atoms with Crippen LogP contribution in [-0.4, -0.2) is 59.6 Å². The fourth-order valence-corrected chi connectivity index (χ4v) is 11.2. The molecule has 0 amide bonds. The molecule has 0 aliphatic carbocycles. The van der Waals surface area contributed by atoms with Gasteiger partial charge >= 0.3 is 15.6 Å². The van der Waals surface area contributed by atoms with Crippen LogP contribution in [0.5, 0.6) is 0 Å².